The predicted octanol–water partition coefficient (Wildman–Crippen LogP) is 5.30. The lowest BCUT2D eigenvalue weighted by atomic mass is 9.76. The molecule has 7 nitrogen and oxygen atoms in total. The second-order valence-electron chi connectivity index (χ2n) is 11.6. The molecule has 3 aliphatic rings. The topological polar surface area (TPSA) is 66.0 Å². The number of ether oxygens (including phenoxy) is 1. The van der Waals surface area contributed by atoms with Crippen LogP contribution in [0, 0.1) is 11.3 Å². The molecule has 0 aliphatic carbocycles. The van der Waals surface area contributed by atoms with E-state index < -0.39 is 0 Å². The zero-order valence-corrected chi connectivity index (χ0v) is 25.7. The lowest BCUT2D eigenvalue weighted by Gasteiger charge is -2.39. The van der Waals surface area contributed by atoms with Gasteiger partial charge in [0.1, 0.15) is 5.75 Å². The van der Waals surface area contributed by atoms with E-state index >= 15 is 0 Å². The van der Waals surface area contributed by atoms with E-state index in [1.165, 1.54) is 5.56 Å². The van der Waals surface area contributed by atoms with Crippen LogP contribution in [-0.2, 0) is 11.3 Å². The highest BCUT2D eigenvalue weighted by atomic mass is 35.5. The van der Waals surface area contributed by atoms with Gasteiger partial charge in [0, 0.05) is 56.6 Å². The maximum absolute atomic E-state index is 13.6. The summed E-state index contributed by atoms with van der Waals surface area (Å²) in [6.07, 6.45) is 6.13. The van der Waals surface area contributed by atoms with Crippen LogP contribution in [0.1, 0.15) is 46.7 Å². The SMILES string of the molecule is COc1ccc(CN2CCC3(CCN(CC4CN(C(=O)c5ccncc5)CC4c4ccccc4)CC3)C2=O)cc1.Cl.Cl. The number of pyridine rings is 1. The Morgan fingerprint density at radius 1 is 0.905 bits per heavy atom. The summed E-state index contributed by atoms with van der Waals surface area (Å²) in [5.74, 6) is 1.89. The van der Waals surface area contributed by atoms with Crippen molar-refractivity contribution in [3.8, 4) is 5.75 Å². The van der Waals surface area contributed by atoms with Gasteiger partial charge < -0.3 is 19.4 Å². The fraction of sp³-hybridized carbons (Fsp3) is 0.424. The van der Waals surface area contributed by atoms with Crippen LogP contribution in [0.4, 0.5) is 0 Å². The third kappa shape index (κ3) is 6.59. The Bertz CT molecular complexity index is 1320. The smallest absolute Gasteiger partial charge is 0.253 e. The molecule has 6 rings (SSSR count). The molecule has 0 radical (unpaired) electrons. The van der Waals surface area contributed by atoms with E-state index in [-0.39, 0.29) is 36.1 Å². The van der Waals surface area contributed by atoms with Crippen LogP contribution in [0.15, 0.2) is 79.1 Å². The van der Waals surface area contributed by atoms with Gasteiger partial charge in [0.15, 0.2) is 0 Å². The van der Waals surface area contributed by atoms with Crippen LogP contribution in [0.2, 0.25) is 0 Å². The van der Waals surface area contributed by atoms with E-state index in [1.807, 2.05) is 40.1 Å². The molecule has 1 aromatic heterocycles. The average Bonchev–Trinajstić information content (AvgIpc) is 3.56. The Hall–Kier alpha value is -3.13. The highest BCUT2D eigenvalue weighted by Gasteiger charge is 2.48. The van der Waals surface area contributed by atoms with Gasteiger partial charge in [-0.15, -0.1) is 24.8 Å². The molecule has 3 fully saturated rings. The van der Waals surface area contributed by atoms with E-state index in [1.54, 1.807) is 31.6 Å². The summed E-state index contributed by atoms with van der Waals surface area (Å²) in [4.78, 5) is 37.5. The molecule has 224 valence electrons. The van der Waals surface area contributed by atoms with E-state index in [0.29, 0.717) is 29.9 Å². The van der Waals surface area contributed by atoms with Crippen LogP contribution in [0.3, 0.4) is 0 Å². The van der Waals surface area contributed by atoms with Gasteiger partial charge in [-0.3, -0.25) is 14.6 Å². The summed E-state index contributed by atoms with van der Waals surface area (Å²) in [7, 11) is 1.67. The Morgan fingerprint density at radius 3 is 2.24 bits per heavy atom. The first-order chi connectivity index (χ1) is 19.5. The Balaban J connectivity index is 0.00000202. The van der Waals surface area contributed by atoms with Crippen LogP contribution in [0.5, 0.6) is 5.75 Å². The molecule has 0 N–H and O–H groups in total. The number of halogens is 2. The van der Waals surface area contributed by atoms with E-state index in [9.17, 15) is 9.59 Å². The first-order valence-corrected chi connectivity index (χ1v) is 14.4. The molecule has 1 spiro atoms. The molecule has 0 saturated carbocycles. The van der Waals surface area contributed by atoms with Crippen molar-refractivity contribution in [3.63, 3.8) is 0 Å². The third-order valence-electron chi connectivity index (χ3n) is 9.32. The number of benzene rings is 2. The molecule has 0 bridgehead atoms. The van der Waals surface area contributed by atoms with Crippen LogP contribution < -0.4 is 4.74 Å². The van der Waals surface area contributed by atoms with Crippen molar-refractivity contribution in [1.29, 1.82) is 0 Å². The Labute approximate surface area is 261 Å². The third-order valence-corrected chi connectivity index (χ3v) is 9.32. The monoisotopic (exact) mass is 610 g/mol. The minimum Gasteiger partial charge on any atom is -0.497 e. The second-order valence-corrected chi connectivity index (χ2v) is 11.6. The lowest BCUT2D eigenvalue weighted by molar-refractivity contribution is -0.139. The molecule has 2 unspecified atom stereocenters. The zero-order valence-electron chi connectivity index (χ0n) is 24.1. The van der Waals surface area contributed by atoms with Crippen molar-refractivity contribution >= 4 is 36.6 Å². The first kappa shape index (κ1) is 31.8. The molecule has 9 heteroatoms. The second kappa shape index (κ2) is 13.9. The summed E-state index contributed by atoms with van der Waals surface area (Å²) in [6, 6.07) is 22.2. The minimum absolute atomic E-state index is 0. The molecule has 4 heterocycles. The molecule has 2 atom stereocenters. The molecule has 2 aromatic carbocycles. The van der Waals surface area contributed by atoms with Crippen molar-refractivity contribution < 1.29 is 14.3 Å². The van der Waals surface area contributed by atoms with Gasteiger partial charge in [0.05, 0.1) is 12.5 Å². The van der Waals surface area contributed by atoms with Gasteiger partial charge in [-0.1, -0.05) is 42.5 Å². The first-order valence-electron chi connectivity index (χ1n) is 14.4. The number of nitrogens with zero attached hydrogens (tertiary/aromatic N) is 4. The van der Waals surface area contributed by atoms with Crippen LogP contribution in [-0.4, -0.2) is 77.9 Å². The standard InChI is InChI=1S/C33H38N4O3.2ClH/c1-40-29-9-7-25(8-10-29)21-36-20-15-33(32(36)39)13-18-35(19-14-33)22-28-23-37(31(38)27-11-16-34-17-12-27)24-30(28)26-5-3-2-4-6-26;;/h2-12,16-17,28,30H,13-15,18-24H2,1H3;2*1H. The molecule has 42 heavy (non-hydrogen) atoms. The van der Waals surface area contributed by atoms with Gasteiger partial charge >= 0.3 is 0 Å². The van der Waals surface area contributed by atoms with Gasteiger partial charge in [-0.05, 0) is 73.7 Å². The largest absolute Gasteiger partial charge is 0.497 e. The fourth-order valence-electron chi connectivity index (χ4n) is 6.93. The van der Waals surface area contributed by atoms with Crippen molar-refractivity contribution in [2.45, 2.75) is 31.7 Å². The fourth-order valence-corrected chi connectivity index (χ4v) is 6.93. The number of methoxy groups -OCH3 is 1. The summed E-state index contributed by atoms with van der Waals surface area (Å²) < 4.78 is 5.27. The Kier molecular flexibility index (Phi) is 10.5. The molecule has 3 aliphatic heterocycles. The van der Waals surface area contributed by atoms with Crippen LogP contribution in [0.25, 0.3) is 0 Å². The summed E-state index contributed by atoms with van der Waals surface area (Å²) in [5, 5.41) is 0. The number of carbonyl (C=O) groups is 2. The maximum Gasteiger partial charge on any atom is 0.253 e. The molecule has 3 saturated heterocycles. The van der Waals surface area contributed by atoms with Gasteiger partial charge in [-0.2, -0.15) is 0 Å². The number of rotatable bonds is 7. The maximum atomic E-state index is 13.6. The molecular formula is C33H40Cl2N4O3. The van der Waals surface area contributed by atoms with Crippen LogP contribution >= 0.6 is 24.8 Å². The predicted molar refractivity (Wildman–Crippen MR) is 168 cm³/mol. The number of hydrogen-bond donors (Lipinski definition) is 0. The number of likely N-dealkylation sites (tertiary alicyclic amines) is 3. The van der Waals surface area contributed by atoms with Crippen molar-refractivity contribution in [2.24, 2.45) is 11.3 Å². The summed E-state index contributed by atoms with van der Waals surface area (Å²) in [5.41, 5.74) is 2.91. The summed E-state index contributed by atoms with van der Waals surface area (Å²) >= 11 is 0. The lowest BCUT2D eigenvalue weighted by Crippen LogP contribution is -2.46. The molecule has 3 aromatic rings. The minimum atomic E-state index is -0.221. The Morgan fingerprint density at radius 2 is 1.57 bits per heavy atom. The molecular weight excluding hydrogens is 571 g/mol. The highest BCUT2D eigenvalue weighted by Crippen LogP contribution is 2.43. The zero-order chi connectivity index (χ0) is 27.5. The molecule has 2 amide bonds. The van der Waals surface area contributed by atoms with Gasteiger partial charge in [0.25, 0.3) is 5.91 Å². The van der Waals surface area contributed by atoms with Crippen molar-refractivity contribution in [2.75, 3.05) is 46.4 Å². The number of carbonyl (C=O) groups excluding carboxylic acids is 2. The number of piperidine rings is 1. The van der Waals surface area contributed by atoms with E-state index in [2.05, 4.69) is 34.1 Å². The number of amides is 2. The summed E-state index contributed by atoms with van der Waals surface area (Å²) in [6.45, 7) is 5.77. The van der Waals surface area contributed by atoms with Gasteiger partial charge in [-0.25, -0.2) is 0 Å². The van der Waals surface area contributed by atoms with Crippen molar-refractivity contribution in [3.05, 3.63) is 95.8 Å². The van der Waals surface area contributed by atoms with Gasteiger partial charge in [0.2, 0.25) is 5.91 Å². The number of aromatic nitrogens is 1. The van der Waals surface area contributed by atoms with Crippen molar-refractivity contribution in [1.82, 2.24) is 19.7 Å². The quantitative estimate of drug-likeness (QED) is 0.363. The normalized spacial score (nSPS) is 21.6. The van der Waals surface area contributed by atoms with E-state index in [0.717, 1.165) is 69.8 Å². The average molecular weight is 612 g/mol. The number of hydrogen-bond acceptors (Lipinski definition) is 5. The van der Waals surface area contributed by atoms with E-state index in [4.69, 9.17) is 4.74 Å². The highest BCUT2D eigenvalue weighted by molar-refractivity contribution is 5.94.